The Morgan fingerprint density at radius 1 is 1.18 bits per heavy atom. The molecule has 1 heterocycles. The molecule has 33 heavy (non-hydrogen) atoms. The fourth-order valence-electron chi connectivity index (χ4n) is 2.98. The summed E-state index contributed by atoms with van der Waals surface area (Å²) < 4.78 is 6.94. The van der Waals surface area contributed by atoms with Crippen LogP contribution in [0, 0.1) is 0 Å². The average molecular weight is 486 g/mol. The van der Waals surface area contributed by atoms with E-state index in [0.717, 1.165) is 0 Å². The van der Waals surface area contributed by atoms with Crippen molar-refractivity contribution in [2.24, 2.45) is 0 Å². The molecule has 2 amide bonds. The van der Waals surface area contributed by atoms with Crippen LogP contribution in [0.15, 0.2) is 66.3 Å². The number of ether oxygens (including phenoxy) is 1. The van der Waals surface area contributed by atoms with Gasteiger partial charge in [0.05, 0.1) is 18.9 Å². The number of carbonyl (C=O) groups is 2. The summed E-state index contributed by atoms with van der Waals surface area (Å²) in [4.78, 5) is 24.9. The molecule has 0 aliphatic rings. The zero-order valence-corrected chi connectivity index (χ0v) is 19.8. The first-order valence-corrected chi connectivity index (χ1v) is 11.4. The van der Waals surface area contributed by atoms with Gasteiger partial charge in [0.1, 0.15) is 5.75 Å². The Morgan fingerprint density at radius 3 is 2.52 bits per heavy atom. The van der Waals surface area contributed by atoms with Gasteiger partial charge >= 0.3 is 0 Å². The highest BCUT2D eigenvalue weighted by molar-refractivity contribution is 7.99. The van der Waals surface area contributed by atoms with Crippen molar-refractivity contribution in [3.63, 3.8) is 0 Å². The number of thioether (sulfide) groups is 1. The van der Waals surface area contributed by atoms with E-state index < -0.39 is 6.04 Å². The maximum absolute atomic E-state index is 12.5. The van der Waals surface area contributed by atoms with Crippen molar-refractivity contribution in [1.82, 2.24) is 20.1 Å². The molecule has 0 fully saturated rings. The van der Waals surface area contributed by atoms with Crippen molar-refractivity contribution in [3.8, 4) is 5.75 Å². The predicted molar refractivity (Wildman–Crippen MR) is 130 cm³/mol. The zero-order chi connectivity index (χ0) is 23.8. The van der Waals surface area contributed by atoms with Crippen LogP contribution in [0.4, 0.5) is 5.69 Å². The van der Waals surface area contributed by atoms with Crippen LogP contribution in [-0.4, -0.2) is 39.4 Å². The molecule has 0 saturated heterocycles. The number of hydrogen-bond acceptors (Lipinski definition) is 6. The second kappa shape index (κ2) is 11.5. The van der Waals surface area contributed by atoms with Crippen molar-refractivity contribution in [2.45, 2.75) is 24.7 Å². The second-order valence-electron chi connectivity index (χ2n) is 7.01. The molecular weight excluding hydrogens is 462 g/mol. The molecule has 2 N–H and O–H groups in total. The Labute approximate surface area is 201 Å². The van der Waals surface area contributed by atoms with E-state index in [4.69, 9.17) is 16.3 Å². The molecule has 0 unspecified atom stereocenters. The number of halogens is 1. The molecule has 0 radical (unpaired) electrons. The Bertz CT molecular complexity index is 1120. The van der Waals surface area contributed by atoms with Gasteiger partial charge in [0.25, 0.3) is 5.91 Å². The van der Waals surface area contributed by atoms with Crippen LogP contribution >= 0.6 is 23.4 Å². The van der Waals surface area contributed by atoms with E-state index in [9.17, 15) is 9.59 Å². The number of hydrogen-bond donors (Lipinski definition) is 2. The molecule has 3 aromatic rings. The van der Waals surface area contributed by atoms with Crippen molar-refractivity contribution >= 4 is 40.9 Å². The average Bonchev–Trinajstić information content (AvgIpc) is 3.21. The monoisotopic (exact) mass is 485 g/mol. The van der Waals surface area contributed by atoms with Gasteiger partial charge in [0.2, 0.25) is 5.91 Å². The van der Waals surface area contributed by atoms with Crippen molar-refractivity contribution < 1.29 is 14.3 Å². The highest BCUT2D eigenvalue weighted by atomic mass is 35.5. The van der Waals surface area contributed by atoms with Gasteiger partial charge in [0, 0.05) is 22.8 Å². The summed E-state index contributed by atoms with van der Waals surface area (Å²) in [6.45, 7) is 6.04. The van der Waals surface area contributed by atoms with Crippen LogP contribution in [0.3, 0.4) is 0 Å². The van der Waals surface area contributed by atoms with E-state index in [-0.39, 0.29) is 17.6 Å². The quantitative estimate of drug-likeness (QED) is 0.327. The van der Waals surface area contributed by atoms with Crippen LogP contribution in [0.1, 0.15) is 29.1 Å². The Kier molecular flexibility index (Phi) is 8.51. The first-order chi connectivity index (χ1) is 15.9. The summed E-state index contributed by atoms with van der Waals surface area (Å²) in [5.74, 6) is 0.997. The molecule has 0 spiro atoms. The van der Waals surface area contributed by atoms with E-state index in [2.05, 4.69) is 27.4 Å². The minimum atomic E-state index is -0.414. The fourth-order valence-corrected chi connectivity index (χ4v) is 3.86. The van der Waals surface area contributed by atoms with E-state index >= 15 is 0 Å². The van der Waals surface area contributed by atoms with Gasteiger partial charge in [-0.15, -0.1) is 16.8 Å². The molecule has 1 aromatic heterocycles. The molecule has 3 rings (SSSR count). The third kappa shape index (κ3) is 6.59. The Balaban J connectivity index is 1.64. The van der Waals surface area contributed by atoms with Crippen LogP contribution in [0.5, 0.6) is 5.75 Å². The number of benzene rings is 2. The van der Waals surface area contributed by atoms with Crippen LogP contribution in [0.25, 0.3) is 0 Å². The highest BCUT2D eigenvalue weighted by Gasteiger charge is 2.20. The third-order valence-corrected chi connectivity index (χ3v) is 5.82. The van der Waals surface area contributed by atoms with Crippen molar-refractivity contribution in [3.05, 3.63) is 77.6 Å². The fraction of sp³-hybridized carbons (Fsp3) is 0.217. The molecule has 8 nitrogen and oxygen atoms in total. The summed E-state index contributed by atoms with van der Waals surface area (Å²) in [5, 5.41) is 15.3. The van der Waals surface area contributed by atoms with Crippen LogP contribution in [-0.2, 0) is 11.3 Å². The number of methoxy groups -OCH3 is 1. The molecular formula is C23H24ClN5O3S. The van der Waals surface area contributed by atoms with Gasteiger partial charge in [-0.25, -0.2) is 0 Å². The number of aromatic nitrogens is 3. The molecule has 0 aliphatic carbocycles. The van der Waals surface area contributed by atoms with Gasteiger partial charge in [-0.05, 0) is 55.5 Å². The molecule has 0 saturated carbocycles. The van der Waals surface area contributed by atoms with Crippen LogP contribution in [0.2, 0.25) is 5.02 Å². The van der Waals surface area contributed by atoms with E-state index in [1.54, 1.807) is 61.7 Å². The smallest absolute Gasteiger partial charge is 0.251 e. The number of nitrogens with one attached hydrogen (secondary N) is 2. The summed E-state index contributed by atoms with van der Waals surface area (Å²) in [6.07, 6.45) is 1.71. The highest BCUT2D eigenvalue weighted by Crippen LogP contribution is 2.22. The molecule has 172 valence electrons. The number of allylic oxidation sites excluding steroid dienone is 1. The van der Waals surface area contributed by atoms with Crippen molar-refractivity contribution in [1.29, 1.82) is 0 Å². The minimum Gasteiger partial charge on any atom is -0.497 e. The number of carbonyl (C=O) groups excluding carboxylic acids is 2. The maximum Gasteiger partial charge on any atom is 0.251 e. The Morgan fingerprint density at radius 2 is 1.88 bits per heavy atom. The summed E-state index contributed by atoms with van der Waals surface area (Å²) in [6, 6.07) is 13.3. The minimum absolute atomic E-state index is 0.146. The Hall–Kier alpha value is -3.30. The topological polar surface area (TPSA) is 98.1 Å². The maximum atomic E-state index is 12.5. The van der Waals surface area contributed by atoms with Gasteiger partial charge in [-0.1, -0.05) is 29.4 Å². The summed E-state index contributed by atoms with van der Waals surface area (Å²) in [7, 11) is 1.59. The molecule has 0 bridgehead atoms. The first-order valence-electron chi connectivity index (χ1n) is 10.1. The lowest BCUT2D eigenvalue weighted by Crippen LogP contribution is -2.28. The lowest BCUT2D eigenvalue weighted by Gasteiger charge is -2.15. The van der Waals surface area contributed by atoms with Gasteiger partial charge < -0.3 is 19.9 Å². The lowest BCUT2D eigenvalue weighted by molar-refractivity contribution is -0.113. The second-order valence-corrected chi connectivity index (χ2v) is 8.39. The van der Waals surface area contributed by atoms with Crippen LogP contribution < -0.4 is 15.4 Å². The largest absolute Gasteiger partial charge is 0.497 e. The SMILES string of the molecule is C=CCn1c(SCC(=O)Nc2ccc(OC)cc2)nnc1[C@H](C)NC(=O)c1ccc(Cl)cc1. The third-order valence-electron chi connectivity index (χ3n) is 4.60. The van der Waals surface area contributed by atoms with Gasteiger partial charge in [-0.2, -0.15) is 0 Å². The van der Waals surface area contributed by atoms with E-state index in [1.807, 2.05) is 11.5 Å². The molecule has 0 aliphatic heterocycles. The molecule has 10 heteroatoms. The first kappa shape index (κ1) is 24.3. The van der Waals surface area contributed by atoms with Gasteiger partial charge in [-0.3, -0.25) is 9.59 Å². The lowest BCUT2D eigenvalue weighted by atomic mass is 10.2. The van der Waals surface area contributed by atoms with E-state index in [0.29, 0.717) is 39.5 Å². The number of amides is 2. The number of anilines is 1. The van der Waals surface area contributed by atoms with Crippen molar-refractivity contribution in [2.75, 3.05) is 18.2 Å². The summed E-state index contributed by atoms with van der Waals surface area (Å²) in [5.41, 5.74) is 1.17. The standard InChI is InChI=1S/C23H24ClN5O3S/c1-4-13-29-21(15(2)25-22(31)16-5-7-17(24)8-6-16)27-28-23(29)33-14-20(30)26-18-9-11-19(32-3)12-10-18/h4-12,15H,1,13-14H2,2-3H3,(H,25,31)(H,26,30)/t15-/m0/s1. The zero-order valence-electron chi connectivity index (χ0n) is 18.2. The summed E-state index contributed by atoms with van der Waals surface area (Å²) >= 11 is 7.14. The number of rotatable bonds is 10. The molecule has 2 aromatic carbocycles. The molecule has 1 atom stereocenters. The predicted octanol–water partition coefficient (Wildman–Crippen LogP) is 4.35. The van der Waals surface area contributed by atoms with E-state index in [1.165, 1.54) is 11.8 Å². The number of nitrogens with zero attached hydrogens (tertiary/aromatic N) is 3. The van der Waals surface area contributed by atoms with Gasteiger partial charge in [0.15, 0.2) is 11.0 Å². The normalized spacial score (nSPS) is 11.5.